The third-order valence-corrected chi connectivity index (χ3v) is 4.07. The summed E-state index contributed by atoms with van der Waals surface area (Å²) in [6, 6.07) is 3.45. The first-order valence-electron chi connectivity index (χ1n) is 8.17. The maximum absolute atomic E-state index is 12.4. The number of nitrogens with zero attached hydrogens (tertiary/aromatic N) is 6. The van der Waals surface area contributed by atoms with Crippen LogP contribution in [0.3, 0.4) is 0 Å². The molecule has 9 heteroatoms. The molecule has 0 spiro atoms. The molecule has 134 valence electrons. The summed E-state index contributed by atoms with van der Waals surface area (Å²) >= 11 is 0. The lowest BCUT2D eigenvalue weighted by Crippen LogP contribution is -2.37. The van der Waals surface area contributed by atoms with E-state index in [4.69, 9.17) is 9.47 Å². The largest absolute Gasteiger partial charge is 0.481 e. The average Bonchev–Trinajstić information content (AvgIpc) is 3.02. The molecule has 2 aromatic heterocycles. The van der Waals surface area contributed by atoms with Crippen LogP contribution >= 0.6 is 0 Å². The predicted molar refractivity (Wildman–Crippen MR) is 90.8 cm³/mol. The number of hydrogen-bond acceptors (Lipinski definition) is 7. The molecule has 1 fully saturated rings. The van der Waals surface area contributed by atoms with Gasteiger partial charge < -0.3 is 19.3 Å². The zero-order valence-corrected chi connectivity index (χ0v) is 14.5. The normalized spacial score (nSPS) is 15.0. The number of methoxy groups -OCH3 is 2. The summed E-state index contributed by atoms with van der Waals surface area (Å²) in [4.78, 5) is 25.1. The molecule has 1 amide bonds. The predicted octanol–water partition coefficient (Wildman–Crippen LogP) is 0.429. The van der Waals surface area contributed by atoms with Crippen LogP contribution in [0.5, 0.6) is 11.8 Å². The van der Waals surface area contributed by atoms with Crippen molar-refractivity contribution in [2.45, 2.75) is 13.0 Å². The summed E-state index contributed by atoms with van der Waals surface area (Å²) in [5.74, 6) is 1.53. The van der Waals surface area contributed by atoms with Crippen LogP contribution in [0.2, 0.25) is 0 Å². The number of carbonyl (C=O) groups is 1. The van der Waals surface area contributed by atoms with Crippen LogP contribution in [0.1, 0.15) is 6.42 Å². The average molecular weight is 346 g/mol. The maximum Gasteiger partial charge on any atom is 0.244 e. The van der Waals surface area contributed by atoms with Crippen molar-refractivity contribution in [2.75, 3.05) is 45.3 Å². The Kier molecular flexibility index (Phi) is 5.32. The molecule has 0 aliphatic carbocycles. The van der Waals surface area contributed by atoms with Gasteiger partial charge in [0.1, 0.15) is 6.54 Å². The smallest absolute Gasteiger partial charge is 0.244 e. The van der Waals surface area contributed by atoms with Crippen LogP contribution in [0.15, 0.2) is 24.5 Å². The van der Waals surface area contributed by atoms with Crippen molar-refractivity contribution in [1.29, 1.82) is 0 Å². The zero-order valence-electron chi connectivity index (χ0n) is 14.5. The van der Waals surface area contributed by atoms with E-state index < -0.39 is 0 Å². The van der Waals surface area contributed by atoms with Crippen molar-refractivity contribution < 1.29 is 14.3 Å². The van der Waals surface area contributed by atoms with Crippen molar-refractivity contribution in [2.24, 2.45) is 0 Å². The molecule has 0 radical (unpaired) electrons. The van der Waals surface area contributed by atoms with E-state index in [0.717, 1.165) is 13.0 Å². The van der Waals surface area contributed by atoms with Gasteiger partial charge in [0, 0.05) is 38.6 Å². The Morgan fingerprint density at radius 2 is 1.88 bits per heavy atom. The molecule has 3 heterocycles. The van der Waals surface area contributed by atoms with Crippen LogP contribution < -0.4 is 14.4 Å². The molecule has 2 aromatic rings. The lowest BCUT2D eigenvalue weighted by Gasteiger charge is -2.22. The van der Waals surface area contributed by atoms with Gasteiger partial charge in [-0.1, -0.05) is 0 Å². The van der Waals surface area contributed by atoms with Crippen LogP contribution in [0.4, 0.5) is 5.95 Å². The van der Waals surface area contributed by atoms with Gasteiger partial charge in [-0.05, 0) is 12.5 Å². The minimum Gasteiger partial charge on any atom is -0.481 e. The number of hydrogen-bond donors (Lipinski definition) is 0. The first-order chi connectivity index (χ1) is 12.2. The van der Waals surface area contributed by atoms with Gasteiger partial charge in [0.2, 0.25) is 23.6 Å². The van der Waals surface area contributed by atoms with Crippen LogP contribution in [0.25, 0.3) is 0 Å². The first-order valence-corrected chi connectivity index (χ1v) is 8.17. The van der Waals surface area contributed by atoms with E-state index in [-0.39, 0.29) is 12.5 Å². The second-order valence-corrected chi connectivity index (χ2v) is 5.68. The minimum atomic E-state index is 0.0645. The van der Waals surface area contributed by atoms with E-state index in [0.29, 0.717) is 37.3 Å². The monoisotopic (exact) mass is 346 g/mol. The van der Waals surface area contributed by atoms with Crippen molar-refractivity contribution in [3.05, 3.63) is 24.5 Å². The van der Waals surface area contributed by atoms with Crippen molar-refractivity contribution >= 4 is 11.9 Å². The third kappa shape index (κ3) is 4.17. The van der Waals surface area contributed by atoms with Crippen LogP contribution in [0, 0.1) is 0 Å². The summed E-state index contributed by atoms with van der Waals surface area (Å²) in [6.45, 7) is 3.00. The highest BCUT2D eigenvalue weighted by Gasteiger charge is 2.21. The Balaban J connectivity index is 1.66. The summed E-state index contributed by atoms with van der Waals surface area (Å²) < 4.78 is 12.1. The molecule has 0 N–H and O–H groups in total. The molecule has 0 unspecified atom stereocenters. The van der Waals surface area contributed by atoms with Crippen molar-refractivity contribution in [1.82, 2.24) is 24.6 Å². The maximum atomic E-state index is 12.4. The Bertz CT molecular complexity index is 684. The Morgan fingerprint density at radius 1 is 1.12 bits per heavy atom. The summed E-state index contributed by atoms with van der Waals surface area (Å²) in [7, 11) is 3.12. The summed E-state index contributed by atoms with van der Waals surface area (Å²) in [5, 5.41) is 4.09. The Morgan fingerprint density at radius 3 is 2.52 bits per heavy atom. The number of carbonyl (C=O) groups excluding carboxylic acids is 1. The Labute approximate surface area is 146 Å². The van der Waals surface area contributed by atoms with Gasteiger partial charge in [-0.25, -0.2) is 0 Å². The lowest BCUT2D eigenvalue weighted by atomic mass is 10.3. The van der Waals surface area contributed by atoms with E-state index >= 15 is 0 Å². The Hall–Kier alpha value is -2.84. The number of aromatic nitrogens is 4. The number of rotatable bonds is 5. The molecular weight excluding hydrogens is 324 g/mol. The molecular formula is C16H22N6O3. The molecule has 0 saturated carbocycles. The number of anilines is 1. The standard InChI is InChI=1S/C16H22N6O3/c1-24-13-11-14(25-2)19-16(18-13)21-7-4-6-20(9-10-21)15(23)12-22-8-3-5-17-22/h3,5,8,11H,4,6-7,9-10,12H2,1-2H3. The molecule has 1 aliphatic rings. The van der Waals surface area contributed by atoms with Gasteiger partial charge in [-0.15, -0.1) is 0 Å². The van der Waals surface area contributed by atoms with Crippen molar-refractivity contribution in [3.8, 4) is 11.8 Å². The second-order valence-electron chi connectivity index (χ2n) is 5.68. The highest BCUT2D eigenvalue weighted by atomic mass is 16.5. The number of amides is 1. The van der Waals surface area contributed by atoms with Gasteiger partial charge in [0.15, 0.2) is 0 Å². The van der Waals surface area contributed by atoms with E-state index in [1.165, 1.54) is 0 Å². The fourth-order valence-electron chi connectivity index (χ4n) is 2.74. The molecule has 9 nitrogen and oxygen atoms in total. The van der Waals surface area contributed by atoms with Gasteiger partial charge in [-0.3, -0.25) is 9.48 Å². The molecule has 25 heavy (non-hydrogen) atoms. The van der Waals surface area contributed by atoms with E-state index in [2.05, 4.69) is 15.1 Å². The zero-order chi connectivity index (χ0) is 17.6. The van der Waals surface area contributed by atoms with E-state index in [1.807, 2.05) is 15.9 Å². The molecule has 0 bridgehead atoms. The quantitative estimate of drug-likeness (QED) is 0.776. The van der Waals surface area contributed by atoms with Crippen LogP contribution in [-0.4, -0.2) is 71.0 Å². The summed E-state index contributed by atoms with van der Waals surface area (Å²) in [6.07, 6.45) is 4.30. The molecule has 0 aromatic carbocycles. The van der Waals surface area contributed by atoms with Gasteiger partial charge >= 0.3 is 0 Å². The van der Waals surface area contributed by atoms with Gasteiger partial charge in [-0.2, -0.15) is 15.1 Å². The molecule has 3 rings (SSSR count). The highest BCUT2D eigenvalue weighted by Crippen LogP contribution is 2.21. The second kappa shape index (κ2) is 7.82. The molecule has 0 atom stereocenters. The number of ether oxygens (including phenoxy) is 2. The van der Waals surface area contributed by atoms with Crippen LogP contribution in [-0.2, 0) is 11.3 Å². The fourth-order valence-corrected chi connectivity index (χ4v) is 2.74. The lowest BCUT2D eigenvalue weighted by molar-refractivity contribution is -0.131. The topological polar surface area (TPSA) is 85.6 Å². The van der Waals surface area contributed by atoms with E-state index in [1.54, 1.807) is 37.4 Å². The SMILES string of the molecule is COc1cc(OC)nc(N2CCCN(C(=O)Cn3cccn3)CC2)n1. The third-order valence-electron chi connectivity index (χ3n) is 4.07. The highest BCUT2D eigenvalue weighted by molar-refractivity contribution is 5.76. The fraction of sp³-hybridized carbons (Fsp3) is 0.500. The van der Waals surface area contributed by atoms with Crippen molar-refractivity contribution in [3.63, 3.8) is 0 Å². The first kappa shape index (κ1) is 17.0. The van der Waals surface area contributed by atoms with Gasteiger partial charge in [0.05, 0.1) is 20.3 Å². The van der Waals surface area contributed by atoms with Gasteiger partial charge in [0.25, 0.3) is 0 Å². The molecule has 1 aliphatic heterocycles. The van der Waals surface area contributed by atoms with E-state index in [9.17, 15) is 4.79 Å². The minimum absolute atomic E-state index is 0.0645. The molecule has 1 saturated heterocycles. The summed E-state index contributed by atoms with van der Waals surface area (Å²) in [5.41, 5.74) is 0.